The maximum atomic E-state index is 13.8. The molecule has 0 aliphatic rings. The van der Waals surface area contributed by atoms with Gasteiger partial charge < -0.3 is 15.2 Å². The summed E-state index contributed by atoms with van der Waals surface area (Å²) in [6.07, 6.45) is -5.60. The van der Waals surface area contributed by atoms with Crippen molar-refractivity contribution in [3.05, 3.63) is 28.0 Å². The van der Waals surface area contributed by atoms with E-state index in [-0.39, 0.29) is 17.0 Å². The SMILES string of the molecule is CC(C[C@H](C)COc1c(F)cc(Br)cc1C(F)(F)F)NC(=O)O. The average Bonchev–Trinajstić information content (AvgIpc) is 2.34. The van der Waals surface area contributed by atoms with Crippen LogP contribution >= 0.6 is 15.9 Å². The predicted molar refractivity (Wildman–Crippen MR) is 79.0 cm³/mol. The maximum Gasteiger partial charge on any atom is 0.420 e. The Bertz CT molecular complexity index is 566. The molecule has 0 saturated heterocycles. The van der Waals surface area contributed by atoms with E-state index in [4.69, 9.17) is 9.84 Å². The summed E-state index contributed by atoms with van der Waals surface area (Å²) in [5.74, 6) is -2.25. The van der Waals surface area contributed by atoms with Gasteiger partial charge in [0.2, 0.25) is 0 Å². The number of carbonyl (C=O) groups is 1. The molecule has 4 nitrogen and oxygen atoms in total. The van der Waals surface area contributed by atoms with Crippen LogP contribution in [0, 0.1) is 11.7 Å². The zero-order valence-electron chi connectivity index (χ0n) is 12.4. The lowest BCUT2D eigenvalue weighted by atomic mass is 10.0. The number of benzene rings is 1. The van der Waals surface area contributed by atoms with Crippen LogP contribution < -0.4 is 10.1 Å². The Morgan fingerprint density at radius 2 is 2.00 bits per heavy atom. The van der Waals surface area contributed by atoms with Gasteiger partial charge in [0.15, 0.2) is 11.6 Å². The minimum atomic E-state index is -4.75. The van der Waals surface area contributed by atoms with Crippen LogP contribution in [0.15, 0.2) is 16.6 Å². The van der Waals surface area contributed by atoms with Crippen molar-refractivity contribution >= 4 is 22.0 Å². The summed E-state index contributed by atoms with van der Waals surface area (Å²) in [5.41, 5.74) is -1.20. The van der Waals surface area contributed by atoms with Crippen LogP contribution in [-0.2, 0) is 6.18 Å². The Kier molecular flexibility index (Phi) is 6.67. The van der Waals surface area contributed by atoms with Crippen LogP contribution in [0.3, 0.4) is 0 Å². The summed E-state index contributed by atoms with van der Waals surface area (Å²) in [6.45, 7) is 3.11. The molecule has 1 unspecified atom stereocenters. The molecule has 1 amide bonds. The lowest BCUT2D eigenvalue weighted by molar-refractivity contribution is -0.139. The molecular weight excluding hydrogens is 386 g/mol. The topological polar surface area (TPSA) is 58.6 Å². The van der Waals surface area contributed by atoms with Crippen molar-refractivity contribution in [2.24, 2.45) is 5.92 Å². The van der Waals surface area contributed by atoms with Gasteiger partial charge in [-0.15, -0.1) is 0 Å². The van der Waals surface area contributed by atoms with Crippen LogP contribution in [-0.4, -0.2) is 23.8 Å². The van der Waals surface area contributed by atoms with Gasteiger partial charge in [-0.2, -0.15) is 13.2 Å². The van der Waals surface area contributed by atoms with Crippen molar-refractivity contribution in [3.8, 4) is 5.75 Å². The predicted octanol–water partition coefficient (Wildman–Crippen LogP) is 4.67. The standard InChI is InChI=1S/C14H16BrF4NO3/c1-7(3-8(2)20-13(21)22)6-23-12-10(14(17,18)19)4-9(15)5-11(12)16/h4-5,7-8,20H,3,6H2,1-2H3,(H,21,22)/t7-,8?/m0/s1. The van der Waals surface area contributed by atoms with E-state index in [1.807, 2.05) is 0 Å². The first kappa shape index (κ1) is 19.5. The highest BCUT2D eigenvalue weighted by molar-refractivity contribution is 9.10. The minimum absolute atomic E-state index is 0.0398. The summed E-state index contributed by atoms with van der Waals surface area (Å²) in [5, 5.41) is 10.8. The van der Waals surface area contributed by atoms with Crippen LogP contribution in [0.4, 0.5) is 22.4 Å². The second-order valence-corrected chi connectivity index (χ2v) is 6.18. The smallest absolute Gasteiger partial charge is 0.420 e. The highest BCUT2D eigenvalue weighted by Crippen LogP contribution is 2.39. The number of nitrogens with one attached hydrogen (secondary N) is 1. The summed E-state index contributed by atoms with van der Waals surface area (Å²) in [4.78, 5) is 10.5. The van der Waals surface area contributed by atoms with Crippen molar-refractivity contribution in [2.75, 3.05) is 6.61 Å². The lowest BCUT2D eigenvalue weighted by Gasteiger charge is -2.20. The molecular formula is C14H16BrF4NO3. The molecule has 1 aromatic rings. The molecule has 1 rings (SSSR count). The first-order valence-electron chi connectivity index (χ1n) is 6.69. The molecule has 0 saturated carbocycles. The molecule has 2 atom stereocenters. The van der Waals surface area contributed by atoms with E-state index < -0.39 is 35.4 Å². The third-order valence-electron chi connectivity index (χ3n) is 2.95. The first-order valence-corrected chi connectivity index (χ1v) is 7.48. The van der Waals surface area contributed by atoms with Crippen molar-refractivity contribution < 1.29 is 32.2 Å². The number of hydrogen-bond acceptors (Lipinski definition) is 2. The number of hydrogen-bond donors (Lipinski definition) is 2. The molecule has 0 aliphatic heterocycles. The molecule has 0 radical (unpaired) electrons. The van der Waals surface area contributed by atoms with Crippen LogP contribution in [0.5, 0.6) is 5.75 Å². The zero-order valence-corrected chi connectivity index (χ0v) is 14.0. The molecule has 130 valence electrons. The number of alkyl halides is 3. The molecule has 1 aromatic carbocycles. The van der Waals surface area contributed by atoms with E-state index in [9.17, 15) is 22.4 Å². The van der Waals surface area contributed by atoms with E-state index in [0.29, 0.717) is 6.42 Å². The number of carboxylic acid groups (broad SMARTS) is 1. The maximum absolute atomic E-state index is 13.8. The number of amides is 1. The van der Waals surface area contributed by atoms with Crippen molar-refractivity contribution in [1.82, 2.24) is 5.32 Å². The normalized spacial score (nSPS) is 14.2. The summed E-state index contributed by atoms with van der Waals surface area (Å²) in [6, 6.07) is 1.24. The molecule has 9 heteroatoms. The van der Waals surface area contributed by atoms with E-state index in [2.05, 4.69) is 21.2 Å². The monoisotopic (exact) mass is 401 g/mol. The molecule has 0 aromatic heterocycles. The Morgan fingerprint density at radius 3 is 2.52 bits per heavy atom. The number of rotatable bonds is 6. The fraction of sp³-hybridized carbons (Fsp3) is 0.500. The van der Waals surface area contributed by atoms with Crippen LogP contribution in [0.1, 0.15) is 25.8 Å². The van der Waals surface area contributed by atoms with Gasteiger partial charge in [-0.25, -0.2) is 9.18 Å². The van der Waals surface area contributed by atoms with E-state index in [0.717, 1.165) is 12.1 Å². The summed E-state index contributed by atoms with van der Waals surface area (Å²) in [7, 11) is 0. The summed E-state index contributed by atoms with van der Waals surface area (Å²) >= 11 is 2.82. The van der Waals surface area contributed by atoms with Gasteiger partial charge in [-0.05, 0) is 31.4 Å². The van der Waals surface area contributed by atoms with E-state index in [1.54, 1.807) is 13.8 Å². The molecule has 0 aliphatic carbocycles. The quantitative estimate of drug-likeness (QED) is 0.681. The van der Waals surface area contributed by atoms with Gasteiger partial charge in [-0.3, -0.25) is 0 Å². The molecule has 23 heavy (non-hydrogen) atoms. The van der Waals surface area contributed by atoms with Crippen LogP contribution in [0.25, 0.3) is 0 Å². The second kappa shape index (κ2) is 7.85. The van der Waals surface area contributed by atoms with Crippen molar-refractivity contribution in [1.29, 1.82) is 0 Å². The Balaban J connectivity index is 2.79. The van der Waals surface area contributed by atoms with Gasteiger partial charge >= 0.3 is 12.3 Å². The van der Waals surface area contributed by atoms with E-state index >= 15 is 0 Å². The highest BCUT2D eigenvalue weighted by atomic mass is 79.9. The van der Waals surface area contributed by atoms with Crippen LogP contribution in [0.2, 0.25) is 0 Å². The molecule has 0 heterocycles. The van der Waals surface area contributed by atoms with E-state index in [1.165, 1.54) is 0 Å². The Labute approximate surface area is 138 Å². The molecule has 0 spiro atoms. The third-order valence-corrected chi connectivity index (χ3v) is 3.41. The first-order chi connectivity index (χ1) is 10.5. The lowest BCUT2D eigenvalue weighted by Crippen LogP contribution is -2.33. The Hall–Kier alpha value is -1.51. The summed E-state index contributed by atoms with van der Waals surface area (Å²) < 4.78 is 57.6. The van der Waals surface area contributed by atoms with Gasteiger partial charge in [0, 0.05) is 10.5 Å². The van der Waals surface area contributed by atoms with Gasteiger partial charge in [0.25, 0.3) is 0 Å². The van der Waals surface area contributed by atoms with Gasteiger partial charge in [0.1, 0.15) is 5.56 Å². The molecule has 0 bridgehead atoms. The Morgan fingerprint density at radius 1 is 1.39 bits per heavy atom. The fourth-order valence-electron chi connectivity index (χ4n) is 2.08. The highest BCUT2D eigenvalue weighted by Gasteiger charge is 2.36. The third kappa shape index (κ3) is 6.25. The zero-order chi connectivity index (χ0) is 17.8. The largest absolute Gasteiger partial charge is 0.490 e. The van der Waals surface area contributed by atoms with Gasteiger partial charge in [-0.1, -0.05) is 22.9 Å². The fourth-order valence-corrected chi connectivity index (χ4v) is 2.51. The molecule has 0 fully saturated rings. The minimum Gasteiger partial charge on any atom is -0.490 e. The second-order valence-electron chi connectivity index (χ2n) is 5.26. The number of halogens is 5. The van der Waals surface area contributed by atoms with Crippen molar-refractivity contribution in [2.45, 2.75) is 32.5 Å². The number of ether oxygens (including phenoxy) is 1. The van der Waals surface area contributed by atoms with Crippen molar-refractivity contribution in [3.63, 3.8) is 0 Å². The average molecular weight is 402 g/mol. The van der Waals surface area contributed by atoms with Gasteiger partial charge in [0.05, 0.1) is 6.61 Å². The molecule has 2 N–H and O–H groups in total.